The number of nitrogens with two attached hydrogens (primary N) is 2. The van der Waals surface area contributed by atoms with Gasteiger partial charge in [0.05, 0.1) is 17.3 Å². The van der Waals surface area contributed by atoms with Crippen molar-refractivity contribution >= 4 is 5.91 Å². The summed E-state index contributed by atoms with van der Waals surface area (Å²) in [4.78, 5) is 15.7. The molecule has 0 aliphatic carbocycles. The fourth-order valence-electron chi connectivity index (χ4n) is 2.92. The largest absolute Gasteiger partial charge is 0.366 e. The summed E-state index contributed by atoms with van der Waals surface area (Å²) in [7, 11) is 0. The van der Waals surface area contributed by atoms with E-state index in [1.54, 1.807) is 12.1 Å². The summed E-state index contributed by atoms with van der Waals surface area (Å²) in [5.41, 5.74) is 13.1. The zero-order valence-corrected chi connectivity index (χ0v) is 14.1. The summed E-state index contributed by atoms with van der Waals surface area (Å²) in [6, 6.07) is 9.84. The Morgan fingerprint density at radius 3 is 2.41 bits per heavy atom. The lowest BCUT2D eigenvalue weighted by Gasteiger charge is -2.16. The average molecular weight is 371 g/mol. The molecule has 0 fully saturated rings. The quantitative estimate of drug-likeness (QED) is 0.720. The zero-order valence-electron chi connectivity index (χ0n) is 14.1. The molecule has 0 saturated heterocycles. The first kappa shape index (κ1) is 18.6. The van der Waals surface area contributed by atoms with Crippen LogP contribution >= 0.6 is 0 Å². The van der Waals surface area contributed by atoms with Crippen LogP contribution < -0.4 is 11.5 Å². The normalized spacial score (nSPS) is 12.0. The Hall–Kier alpha value is -3.19. The highest BCUT2D eigenvalue weighted by Crippen LogP contribution is 2.29. The Kier molecular flexibility index (Phi) is 5.23. The van der Waals surface area contributed by atoms with Crippen molar-refractivity contribution in [1.29, 1.82) is 0 Å². The number of aromatic nitrogens is 1. The van der Waals surface area contributed by atoms with E-state index < -0.39 is 29.4 Å². The van der Waals surface area contributed by atoms with Crippen molar-refractivity contribution < 1.29 is 18.0 Å². The van der Waals surface area contributed by atoms with Gasteiger partial charge in [0.2, 0.25) is 0 Å². The maximum atomic E-state index is 13.7. The second kappa shape index (κ2) is 7.59. The molecule has 0 spiro atoms. The predicted molar refractivity (Wildman–Crippen MR) is 95.1 cm³/mol. The van der Waals surface area contributed by atoms with Gasteiger partial charge >= 0.3 is 0 Å². The van der Waals surface area contributed by atoms with Gasteiger partial charge in [-0.3, -0.25) is 9.78 Å². The summed E-state index contributed by atoms with van der Waals surface area (Å²) in [5, 5.41) is 0. The third kappa shape index (κ3) is 4.15. The number of nitrogens with zero attached hydrogens (tertiary/aromatic N) is 1. The van der Waals surface area contributed by atoms with Crippen LogP contribution in [-0.2, 0) is 6.42 Å². The number of hydrogen-bond donors (Lipinski definition) is 2. The number of carbonyl (C=O) groups is 1. The Labute approximate surface area is 153 Å². The minimum atomic E-state index is -0.890. The van der Waals surface area contributed by atoms with Crippen LogP contribution in [0.25, 0.3) is 11.1 Å². The van der Waals surface area contributed by atoms with E-state index in [1.165, 1.54) is 30.5 Å². The SMILES string of the molecule is NC(=O)c1cc(-c2cccnc2C(N)Cc2cc(F)cc(F)c2)ccc1F. The second-order valence-corrected chi connectivity index (χ2v) is 6.08. The molecule has 7 heteroatoms. The molecule has 2 aromatic carbocycles. The van der Waals surface area contributed by atoms with E-state index in [-0.39, 0.29) is 12.0 Å². The topological polar surface area (TPSA) is 82.0 Å². The molecule has 0 saturated carbocycles. The molecule has 27 heavy (non-hydrogen) atoms. The number of benzene rings is 2. The zero-order chi connectivity index (χ0) is 19.6. The number of carbonyl (C=O) groups excluding carboxylic acids is 1. The van der Waals surface area contributed by atoms with E-state index >= 15 is 0 Å². The van der Waals surface area contributed by atoms with Gasteiger partial charge in [0.25, 0.3) is 5.91 Å². The van der Waals surface area contributed by atoms with Crippen LogP contribution in [0.3, 0.4) is 0 Å². The maximum Gasteiger partial charge on any atom is 0.251 e. The molecule has 1 unspecified atom stereocenters. The van der Waals surface area contributed by atoms with E-state index in [2.05, 4.69) is 4.98 Å². The number of primary amides is 1. The average Bonchev–Trinajstić information content (AvgIpc) is 2.61. The van der Waals surface area contributed by atoms with Crippen molar-refractivity contribution in [2.24, 2.45) is 11.5 Å². The summed E-state index contributed by atoms with van der Waals surface area (Å²) in [5.74, 6) is -3.00. The highest BCUT2D eigenvalue weighted by atomic mass is 19.1. The lowest BCUT2D eigenvalue weighted by Crippen LogP contribution is -2.17. The van der Waals surface area contributed by atoms with Crippen molar-refractivity contribution in [2.75, 3.05) is 0 Å². The lowest BCUT2D eigenvalue weighted by molar-refractivity contribution is 0.0996. The van der Waals surface area contributed by atoms with Gasteiger partial charge in [0.15, 0.2) is 0 Å². The molecule has 1 amide bonds. The summed E-state index contributed by atoms with van der Waals surface area (Å²) in [6.45, 7) is 0. The first-order valence-electron chi connectivity index (χ1n) is 8.10. The maximum absolute atomic E-state index is 13.7. The Balaban J connectivity index is 1.99. The molecule has 138 valence electrons. The van der Waals surface area contributed by atoms with Crippen molar-refractivity contribution in [3.8, 4) is 11.1 Å². The first-order valence-corrected chi connectivity index (χ1v) is 8.10. The number of halogens is 3. The fraction of sp³-hybridized carbons (Fsp3) is 0.100. The molecular formula is C20H16F3N3O. The predicted octanol–water partition coefficient (Wildman–Crippen LogP) is 3.51. The Morgan fingerprint density at radius 2 is 1.74 bits per heavy atom. The first-order chi connectivity index (χ1) is 12.8. The van der Waals surface area contributed by atoms with E-state index in [1.807, 2.05) is 0 Å². The van der Waals surface area contributed by atoms with Gasteiger partial charge in [-0.15, -0.1) is 0 Å². The lowest BCUT2D eigenvalue weighted by atomic mass is 9.95. The van der Waals surface area contributed by atoms with Crippen LogP contribution in [-0.4, -0.2) is 10.9 Å². The number of rotatable bonds is 5. The number of hydrogen-bond acceptors (Lipinski definition) is 3. The van der Waals surface area contributed by atoms with Crippen LogP contribution in [0, 0.1) is 17.5 Å². The molecule has 0 radical (unpaired) electrons. The molecule has 0 bridgehead atoms. The number of pyridine rings is 1. The van der Waals surface area contributed by atoms with Crippen LogP contribution in [0.15, 0.2) is 54.7 Å². The standard InChI is InChI=1S/C20H16F3N3O/c21-13-6-11(7-14(22)10-13)8-18(24)19-15(2-1-5-26-19)12-3-4-17(23)16(9-12)20(25)27/h1-7,9-10,18H,8,24H2,(H2,25,27). The highest BCUT2D eigenvalue weighted by molar-refractivity contribution is 5.94. The molecule has 1 atom stereocenters. The summed E-state index contributed by atoms with van der Waals surface area (Å²) >= 11 is 0. The monoisotopic (exact) mass is 371 g/mol. The van der Waals surface area contributed by atoms with Gasteiger partial charge in [0.1, 0.15) is 17.5 Å². The van der Waals surface area contributed by atoms with E-state index in [0.717, 1.165) is 12.1 Å². The van der Waals surface area contributed by atoms with Gasteiger partial charge in [-0.25, -0.2) is 13.2 Å². The molecule has 1 heterocycles. The third-order valence-corrected chi connectivity index (χ3v) is 4.11. The van der Waals surface area contributed by atoms with E-state index in [4.69, 9.17) is 11.5 Å². The summed E-state index contributed by atoms with van der Waals surface area (Å²) < 4.78 is 40.6. The van der Waals surface area contributed by atoms with Crippen molar-refractivity contribution in [3.63, 3.8) is 0 Å². The highest BCUT2D eigenvalue weighted by Gasteiger charge is 2.17. The van der Waals surface area contributed by atoms with Gasteiger partial charge in [-0.2, -0.15) is 0 Å². The smallest absolute Gasteiger partial charge is 0.251 e. The molecule has 3 rings (SSSR count). The Bertz CT molecular complexity index is 987. The molecule has 0 aliphatic heterocycles. The van der Waals surface area contributed by atoms with Crippen LogP contribution in [0.4, 0.5) is 13.2 Å². The van der Waals surface area contributed by atoms with Crippen LogP contribution in [0.1, 0.15) is 27.7 Å². The molecule has 3 aromatic rings. The van der Waals surface area contributed by atoms with E-state index in [9.17, 15) is 18.0 Å². The third-order valence-electron chi connectivity index (χ3n) is 4.11. The van der Waals surface area contributed by atoms with Gasteiger partial charge in [-0.05, 0) is 47.9 Å². The van der Waals surface area contributed by atoms with E-state index in [0.29, 0.717) is 22.4 Å². The molecule has 4 nitrogen and oxygen atoms in total. The second-order valence-electron chi connectivity index (χ2n) is 6.08. The van der Waals surface area contributed by atoms with Crippen LogP contribution in [0.2, 0.25) is 0 Å². The minimum Gasteiger partial charge on any atom is -0.366 e. The summed E-state index contributed by atoms with van der Waals surface area (Å²) in [6.07, 6.45) is 1.67. The Morgan fingerprint density at radius 1 is 1.04 bits per heavy atom. The molecular weight excluding hydrogens is 355 g/mol. The molecule has 1 aromatic heterocycles. The van der Waals surface area contributed by atoms with Gasteiger partial charge in [-0.1, -0.05) is 12.1 Å². The number of amides is 1. The van der Waals surface area contributed by atoms with Crippen molar-refractivity contribution in [3.05, 3.63) is 89.0 Å². The van der Waals surface area contributed by atoms with Crippen molar-refractivity contribution in [2.45, 2.75) is 12.5 Å². The van der Waals surface area contributed by atoms with Gasteiger partial charge < -0.3 is 11.5 Å². The van der Waals surface area contributed by atoms with Crippen molar-refractivity contribution in [1.82, 2.24) is 4.98 Å². The fourth-order valence-corrected chi connectivity index (χ4v) is 2.92. The molecule has 4 N–H and O–H groups in total. The molecule has 0 aliphatic rings. The van der Waals surface area contributed by atoms with Gasteiger partial charge in [0, 0.05) is 17.8 Å². The minimum absolute atomic E-state index is 0.141. The van der Waals surface area contributed by atoms with Crippen LogP contribution in [0.5, 0.6) is 0 Å².